The minimum absolute atomic E-state index is 0.280. The Kier molecular flexibility index (Phi) is 6.88. The first-order valence-corrected chi connectivity index (χ1v) is 8.98. The summed E-state index contributed by atoms with van der Waals surface area (Å²) in [7, 11) is 0. The van der Waals surface area contributed by atoms with Crippen LogP contribution in [0.1, 0.15) is 6.42 Å². The quantitative estimate of drug-likeness (QED) is 0.663. The summed E-state index contributed by atoms with van der Waals surface area (Å²) in [5.41, 5.74) is 0.395. The zero-order chi connectivity index (χ0) is 19.8. The van der Waals surface area contributed by atoms with Crippen LogP contribution >= 0.6 is 0 Å². The molecule has 2 heterocycles. The topological polar surface area (TPSA) is 71.5 Å². The molecule has 0 aliphatic carbocycles. The third kappa shape index (κ3) is 6.86. The van der Waals surface area contributed by atoms with Crippen LogP contribution in [-0.4, -0.2) is 60.6 Å². The Morgan fingerprint density at radius 1 is 1.18 bits per heavy atom. The van der Waals surface area contributed by atoms with Gasteiger partial charge in [-0.3, -0.25) is 4.90 Å². The summed E-state index contributed by atoms with van der Waals surface area (Å²) in [5.74, 6) is 0.611. The molecule has 152 valence electrons. The maximum Gasteiger partial charge on any atom is 0.573 e. The molecule has 3 rings (SSSR count). The molecule has 0 spiro atoms. The normalized spacial score (nSPS) is 15.2. The van der Waals surface area contributed by atoms with Crippen molar-refractivity contribution in [2.75, 3.05) is 50.0 Å². The number of ether oxygens (including phenoxy) is 2. The second-order valence-electron chi connectivity index (χ2n) is 6.20. The SMILES string of the molecule is FC(F)(F)Oc1cccc(Nc2nccc(NCCCN3CCOCC3)n2)c1. The largest absolute Gasteiger partial charge is 0.573 e. The minimum atomic E-state index is -4.74. The van der Waals surface area contributed by atoms with Crippen molar-refractivity contribution in [1.82, 2.24) is 14.9 Å². The Morgan fingerprint density at radius 3 is 2.79 bits per heavy atom. The predicted octanol–water partition coefficient (Wildman–Crippen LogP) is 3.25. The average molecular weight is 397 g/mol. The molecular formula is C18H22F3N5O2. The van der Waals surface area contributed by atoms with Gasteiger partial charge in [-0.05, 0) is 31.2 Å². The maximum absolute atomic E-state index is 12.3. The molecule has 28 heavy (non-hydrogen) atoms. The van der Waals surface area contributed by atoms with Crippen molar-refractivity contribution >= 4 is 17.5 Å². The molecule has 0 radical (unpaired) electrons. The van der Waals surface area contributed by atoms with E-state index in [2.05, 4.69) is 30.2 Å². The number of hydrogen-bond acceptors (Lipinski definition) is 7. The fraction of sp³-hybridized carbons (Fsp3) is 0.444. The number of anilines is 3. The lowest BCUT2D eigenvalue weighted by Gasteiger charge is -2.26. The van der Waals surface area contributed by atoms with Crippen molar-refractivity contribution in [3.63, 3.8) is 0 Å². The molecule has 0 unspecified atom stereocenters. The van der Waals surface area contributed by atoms with Crippen molar-refractivity contribution in [2.24, 2.45) is 0 Å². The van der Waals surface area contributed by atoms with E-state index >= 15 is 0 Å². The third-order valence-corrected chi connectivity index (χ3v) is 4.04. The van der Waals surface area contributed by atoms with Crippen LogP contribution in [0.5, 0.6) is 5.75 Å². The highest BCUT2D eigenvalue weighted by molar-refractivity contribution is 5.56. The van der Waals surface area contributed by atoms with E-state index in [1.54, 1.807) is 18.3 Å². The van der Waals surface area contributed by atoms with Gasteiger partial charge >= 0.3 is 6.36 Å². The molecule has 1 aliphatic rings. The monoisotopic (exact) mass is 397 g/mol. The number of hydrogen-bond donors (Lipinski definition) is 2. The van der Waals surface area contributed by atoms with Crippen LogP contribution in [0.4, 0.5) is 30.6 Å². The molecule has 1 saturated heterocycles. The highest BCUT2D eigenvalue weighted by atomic mass is 19.4. The number of rotatable bonds is 8. The highest BCUT2D eigenvalue weighted by Gasteiger charge is 2.31. The zero-order valence-corrected chi connectivity index (χ0v) is 15.2. The van der Waals surface area contributed by atoms with Gasteiger partial charge in [0.15, 0.2) is 0 Å². The smallest absolute Gasteiger partial charge is 0.406 e. The van der Waals surface area contributed by atoms with Crippen LogP contribution in [0.25, 0.3) is 0 Å². The van der Waals surface area contributed by atoms with Gasteiger partial charge in [-0.25, -0.2) is 4.98 Å². The summed E-state index contributed by atoms with van der Waals surface area (Å²) in [6.07, 6.45) is -2.19. The molecule has 1 fully saturated rings. The molecule has 10 heteroatoms. The second-order valence-corrected chi connectivity index (χ2v) is 6.20. The van der Waals surface area contributed by atoms with Gasteiger partial charge in [0.05, 0.1) is 13.2 Å². The third-order valence-electron chi connectivity index (χ3n) is 4.04. The first kappa shape index (κ1) is 20.2. The number of nitrogens with zero attached hydrogens (tertiary/aromatic N) is 3. The highest BCUT2D eigenvalue weighted by Crippen LogP contribution is 2.26. The fourth-order valence-corrected chi connectivity index (χ4v) is 2.76. The van der Waals surface area contributed by atoms with Gasteiger partial charge in [0.1, 0.15) is 11.6 Å². The molecule has 1 aromatic heterocycles. The van der Waals surface area contributed by atoms with Crippen LogP contribution < -0.4 is 15.4 Å². The zero-order valence-electron chi connectivity index (χ0n) is 15.2. The molecule has 1 aliphatic heterocycles. The molecular weight excluding hydrogens is 375 g/mol. The molecule has 0 bridgehead atoms. The average Bonchev–Trinajstić information content (AvgIpc) is 2.65. The van der Waals surface area contributed by atoms with E-state index in [4.69, 9.17) is 4.74 Å². The summed E-state index contributed by atoms with van der Waals surface area (Å²) in [4.78, 5) is 10.8. The fourth-order valence-electron chi connectivity index (χ4n) is 2.76. The number of aromatic nitrogens is 2. The lowest BCUT2D eigenvalue weighted by molar-refractivity contribution is -0.274. The van der Waals surface area contributed by atoms with Gasteiger partial charge in [0.2, 0.25) is 5.95 Å². The van der Waals surface area contributed by atoms with Crippen molar-refractivity contribution in [2.45, 2.75) is 12.8 Å². The van der Waals surface area contributed by atoms with Gasteiger partial charge in [-0.15, -0.1) is 13.2 Å². The molecule has 2 aromatic rings. The van der Waals surface area contributed by atoms with E-state index in [-0.39, 0.29) is 11.7 Å². The van der Waals surface area contributed by atoms with Crippen LogP contribution in [0.15, 0.2) is 36.5 Å². The van der Waals surface area contributed by atoms with Crippen LogP contribution in [0.2, 0.25) is 0 Å². The number of benzene rings is 1. The Labute approximate surface area is 160 Å². The molecule has 2 N–H and O–H groups in total. The maximum atomic E-state index is 12.3. The standard InChI is InChI=1S/C18H22F3N5O2/c19-18(20,21)28-15-4-1-3-14(13-15)24-17-23-7-5-16(25-17)22-6-2-8-26-9-11-27-12-10-26/h1,3-5,7,13H,2,6,8-12H2,(H2,22,23,24,25). The van der Waals surface area contributed by atoms with E-state index in [0.29, 0.717) is 11.5 Å². The van der Waals surface area contributed by atoms with Crippen LogP contribution in [0.3, 0.4) is 0 Å². The Bertz CT molecular complexity index is 754. The lowest BCUT2D eigenvalue weighted by atomic mass is 10.3. The number of alkyl halides is 3. The lowest BCUT2D eigenvalue weighted by Crippen LogP contribution is -2.37. The van der Waals surface area contributed by atoms with Gasteiger partial charge in [0, 0.05) is 37.6 Å². The number of nitrogens with one attached hydrogen (secondary N) is 2. The van der Waals surface area contributed by atoms with E-state index < -0.39 is 6.36 Å². The van der Waals surface area contributed by atoms with Crippen molar-refractivity contribution < 1.29 is 22.6 Å². The van der Waals surface area contributed by atoms with E-state index in [9.17, 15) is 13.2 Å². The molecule has 7 nitrogen and oxygen atoms in total. The van der Waals surface area contributed by atoms with E-state index in [0.717, 1.165) is 45.8 Å². The molecule has 0 amide bonds. The van der Waals surface area contributed by atoms with E-state index in [1.165, 1.54) is 18.2 Å². The summed E-state index contributed by atoms with van der Waals surface area (Å²) < 4.78 is 46.2. The van der Waals surface area contributed by atoms with Gasteiger partial charge in [-0.1, -0.05) is 6.07 Å². The summed E-state index contributed by atoms with van der Waals surface area (Å²) >= 11 is 0. The first-order chi connectivity index (χ1) is 13.5. The summed E-state index contributed by atoms with van der Waals surface area (Å²) in [6, 6.07) is 7.26. The number of halogens is 3. The van der Waals surface area contributed by atoms with Gasteiger partial charge in [-0.2, -0.15) is 4.98 Å². The predicted molar refractivity (Wildman–Crippen MR) is 98.8 cm³/mol. The molecule has 0 saturated carbocycles. The molecule has 0 atom stereocenters. The van der Waals surface area contributed by atoms with Crippen LogP contribution in [0, 0.1) is 0 Å². The molecule has 1 aromatic carbocycles. The summed E-state index contributed by atoms with van der Waals surface area (Å²) in [5, 5.41) is 6.11. The summed E-state index contributed by atoms with van der Waals surface area (Å²) in [6.45, 7) is 5.21. The Balaban J connectivity index is 1.49. The van der Waals surface area contributed by atoms with Crippen molar-refractivity contribution in [3.8, 4) is 5.75 Å². The van der Waals surface area contributed by atoms with E-state index in [1.807, 2.05) is 0 Å². The van der Waals surface area contributed by atoms with Gasteiger partial charge < -0.3 is 20.1 Å². The minimum Gasteiger partial charge on any atom is -0.406 e. The van der Waals surface area contributed by atoms with Crippen LogP contribution in [-0.2, 0) is 4.74 Å². The number of morpholine rings is 1. The Morgan fingerprint density at radius 2 is 2.00 bits per heavy atom. The first-order valence-electron chi connectivity index (χ1n) is 8.98. The van der Waals surface area contributed by atoms with Gasteiger partial charge in [0.25, 0.3) is 0 Å². The van der Waals surface area contributed by atoms with Crippen molar-refractivity contribution in [1.29, 1.82) is 0 Å². The van der Waals surface area contributed by atoms with Crippen molar-refractivity contribution in [3.05, 3.63) is 36.5 Å². The second kappa shape index (κ2) is 9.56. The Hall–Kier alpha value is -2.59.